The lowest BCUT2D eigenvalue weighted by atomic mass is 9.95. The first-order valence-electron chi connectivity index (χ1n) is 20.5. The minimum atomic E-state index is 0.904. The van der Waals surface area contributed by atoms with Crippen LogP contribution in [0.5, 0.6) is 0 Å². The van der Waals surface area contributed by atoms with Crippen molar-refractivity contribution in [1.82, 2.24) is 0 Å². The molecule has 282 valence electrons. The van der Waals surface area contributed by atoms with E-state index in [1.54, 1.807) is 0 Å². The first-order chi connectivity index (χ1) is 29.7. The molecule has 0 radical (unpaired) electrons. The topological polar surface area (TPSA) is 16.4 Å². The van der Waals surface area contributed by atoms with Crippen molar-refractivity contribution in [2.45, 2.75) is 0 Å². The standard InChI is InChI=1S/C58H39NO/c1-2-12-40(13-3-1)41-26-28-42(29-27-41)43-30-34-49(35-31-43)59(50-36-32-45(33-37-50)54-23-11-24-56-55-21-6-7-25-57(55)60-58(54)56)51-19-9-17-47(39-51)46-16-8-18-48(38-46)53-22-10-15-44-14-4-5-20-52(44)53/h1-39H. The lowest BCUT2D eigenvalue weighted by molar-refractivity contribution is 0.670. The first-order valence-corrected chi connectivity index (χ1v) is 20.5. The van der Waals surface area contributed by atoms with Crippen molar-refractivity contribution in [2.24, 2.45) is 0 Å². The Balaban J connectivity index is 0.979. The van der Waals surface area contributed by atoms with Gasteiger partial charge in [-0.25, -0.2) is 0 Å². The summed E-state index contributed by atoms with van der Waals surface area (Å²) in [4.78, 5) is 2.35. The molecule has 2 heteroatoms. The highest BCUT2D eigenvalue weighted by atomic mass is 16.3. The zero-order valence-corrected chi connectivity index (χ0v) is 32.9. The SMILES string of the molecule is c1ccc(-c2ccc(-c3ccc(N(c4ccc(-c5cccc6c5oc5ccccc56)cc4)c4cccc(-c5cccc(-c6cccc7ccccc67)c5)c4)cc3)cc2)cc1. The summed E-state index contributed by atoms with van der Waals surface area (Å²) >= 11 is 0. The van der Waals surface area contributed by atoms with E-state index in [1.807, 2.05) is 12.1 Å². The molecule has 0 amide bonds. The van der Waals surface area contributed by atoms with E-state index in [0.717, 1.165) is 55.7 Å². The molecule has 11 aromatic rings. The van der Waals surface area contributed by atoms with Crippen molar-refractivity contribution in [3.05, 3.63) is 237 Å². The van der Waals surface area contributed by atoms with Crippen LogP contribution in [0, 0.1) is 0 Å². The zero-order chi connectivity index (χ0) is 39.8. The summed E-state index contributed by atoms with van der Waals surface area (Å²) in [6.07, 6.45) is 0. The highest BCUT2D eigenvalue weighted by Gasteiger charge is 2.17. The van der Waals surface area contributed by atoms with Gasteiger partial charge in [-0.1, -0.05) is 188 Å². The van der Waals surface area contributed by atoms with Gasteiger partial charge in [0.1, 0.15) is 11.2 Å². The maximum atomic E-state index is 6.43. The fourth-order valence-electron chi connectivity index (χ4n) is 8.67. The van der Waals surface area contributed by atoms with E-state index in [0.29, 0.717) is 0 Å². The molecular formula is C58H39NO. The molecule has 0 saturated carbocycles. The molecule has 2 nitrogen and oxygen atoms in total. The van der Waals surface area contributed by atoms with E-state index in [1.165, 1.54) is 49.7 Å². The van der Waals surface area contributed by atoms with E-state index in [4.69, 9.17) is 4.42 Å². The van der Waals surface area contributed by atoms with Gasteiger partial charge in [0, 0.05) is 33.4 Å². The molecule has 0 atom stereocenters. The van der Waals surface area contributed by atoms with Crippen LogP contribution in [0.3, 0.4) is 0 Å². The summed E-state index contributed by atoms with van der Waals surface area (Å²) < 4.78 is 6.43. The summed E-state index contributed by atoms with van der Waals surface area (Å²) in [5.41, 5.74) is 16.8. The molecule has 0 unspecified atom stereocenters. The van der Waals surface area contributed by atoms with E-state index >= 15 is 0 Å². The Morgan fingerprint density at radius 3 is 1.50 bits per heavy atom. The Kier molecular flexibility index (Phi) is 8.87. The molecular weight excluding hydrogens is 727 g/mol. The third kappa shape index (κ3) is 6.51. The summed E-state index contributed by atoms with van der Waals surface area (Å²) in [6, 6.07) is 84.8. The quantitative estimate of drug-likeness (QED) is 0.153. The van der Waals surface area contributed by atoms with Gasteiger partial charge in [0.25, 0.3) is 0 Å². The second kappa shape index (κ2) is 15.1. The van der Waals surface area contributed by atoms with Gasteiger partial charge >= 0.3 is 0 Å². The number of para-hydroxylation sites is 2. The number of nitrogens with zero attached hydrogens (tertiary/aromatic N) is 1. The van der Waals surface area contributed by atoms with Crippen LogP contribution in [0.4, 0.5) is 17.1 Å². The number of anilines is 3. The normalized spacial score (nSPS) is 11.3. The summed E-state index contributed by atoms with van der Waals surface area (Å²) in [5.74, 6) is 0. The Bertz CT molecular complexity index is 3280. The van der Waals surface area contributed by atoms with Crippen LogP contribution >= 0.6 is 0 Å². The highest BCUT2D eigenvalue weighted by Crippen LogP contribution is 2.41. The van der Waals surface area contributed by atoms with Crippen LogP contribution in [-0.4, -0.2) is 0 Å². The maximum Gasteiger partial charge on any atom is 0.143 e. The lowest BCUT2D eigenvalue weighted by Gasteiger charge is -2.26. The highest BCUT2D eigenvalue weighted by molar-refractivity contribution is 6.09. The van der Waals surface area contributed by atoms with Crippen LogP contribution in [0.25, 0.3) is 88.3 Å². The molecule has 0 aliphatic carbocycles. The van der Waals surface area contributed by atoms with Crippen LogP contribution in [0.15, 0.2) is 241 Å². The predicted molar refractivity (Wildman–Crippen MR) is 253 cm³/mol. The summed E-state index contributed by atoms with van der Waals surface area (Å²) in [7, 11) is 0. The number of furan rings is 1. The van der Waals surface area contributed by atoms with Gasteiger partial charge in [-0.2, -0.15) is 0 Å². The monoisotopic (exact) mass is 765 g/mol. The molecule has 11 rings (SSSR count). The molecule has 0 saturated heterocycles. The van der Waals surface area contributed by atoms with Crippen LogP contribution in [0.1, 0.15) is 0 Å². The van der Waals surface area contributed by atoms with Gasteiger partial charge in [-0.05, 0) is 109 Å². The smallest absolute Gasteiger partial charge is 0.143 e. The second-order valence-corrected chi connectivity index (χ2v) is 15.3. The second-order valence-electron chi connectivity index (χ2n) is 15.3. The first kappa shape index (κ1) is 35.2. The van der Waals surface area contributed by atoms with E-state index in [2.05, 4.69) is 229 Å². The lowest BCUT2D eigenvalue weighted by Crippen LogP contribution is -2.10. The molecule has 1 heterocycles. The third-order valence-corrected chi connectivity index (χ3v) is 11.7. The number of rotatable bonds is 8. The predicted octanol–water partition coefficient (Wildman–Crippen LogP) is 16.5. The molecule has 0 spiro atoms. The average Bonchev–Trinajstić information content (AvgIpc) is 3.72. The van der Waals surface area contributed by atoms with Crippen LogP contribution in [-0.2, 0) is 0 Å². The molecule has 60 heavy (non-hydrogen) atoms. The molecule has 1 aromatic heterocycles. The van der Waals surface area contributed by atoms with Gasteiger partial charge in [0.15, 0.2) is 0 Å². The van der Waals surface area contributed by atoms with Gasteiger partial charge in [0.2, 0.25) is 0 Å². The van der Waals surface area contributed by atoms with Crippen molar-refractivity contribution < 1.29 is 4.42 Å². The molecule has 0 aliphatic heterocycles. The third-order valence-electron chi connectivity index (χ3n) is 11.7. The van der Waals surface area contributed by atoms with Gasteiger partial charge in [-0.3, -0.25) is 0 Å². The van der Waals surface area contributed by atoms with Crippen molar-refractivity contribution in [1.29, 1.82) is 0 Å². The molecule has 10 aromatic carbocycles. The van der Waals surface area contributed by atoms with E-state index < -0.39 is 0 Å². The number of benzene rings is 10. The van der Waals surface area contributed by atoms with Crippen LogP contribution in [0.2, 0.25) is 0 Å². The van der Waals surface area contributed by atoms with Crippen LogP contribution < -0.4 is 4.90 Å². The Morgan fingerprint density at radius 2 is 0.750 bits per heavy atom. The molecule has 0 fully saturated rings. The minimum Gasteiger partial charge on any atom is -0.455 e. The number of fused-ring (bicyclic) bond motifs is 4. The average molecular weight is 766 g/mol. The Morgan fingerprint density at radius 1 is 0.267 bits per heavy atom. The largest absolute Gasteiger partial charge is 0.455 e. The number of hydrogen-bond donors (Lipinski definition) is 0. The van der Waals surface area contributed by atoms with Gasteiger partial charge in [0.05, 0.1) is 0 Å². The minimum absolute atomic E-state index is 0.904. The molecule has 0 aliphatic rings. The van der Waals surface area contributed by atoms with Crippen molar-refractivity contribution in [3.8, 4) is 55.6 Å². The Labute approximate surface area is 349 Å². The van der Waals surface area contributed by atoms with Crippen molar-refractivity contribution >= 4 is 49.8 Å². The fraction of sp³-hybridized carbons (Fsp3) is 0. The summed E-state index contributed by atoms with van der Waals surface area (Å²) in [6.45, 7) is 0. The fourth-order valence-corrected chi connectivity index (χ4v) is 8.67. The van der Waals surface area contributed by atoms with E-state index in [-0.39, 0.29) is 0 Å². The van der Waals surface area contributed by atoms with E-state index in [9.17, 15) is 0 Å². The summed E-state index contributed by atoms with van der Waals surface area (Å²) in [5, 5.41) is 4.77. The van der Waals surface area contributed by atoms with Crippen molar-refractivity contribution in [2.75, 3.05) is 4.90 Å². The molecule has 0 N–H and O–H groups in total. The van der Waals surface area contributed by atoms with Gasteiger partial charge < -0.3 is 9.32 Å². The van der Waals surface area contributed by atoms with Gasteiger partial charge in [-0.15, -0.1) is 0 Å². The molecule has 0 bridgehead atoms. The van der Waals surface area contributed by atoms with Crippen molar-refractivity contribution in [3.63, 3.8) is 0 Å². The maximum absolute atomic E-state index is 6.43. The zero-order valence-electron chi connectivity index (χ0n) is 32.9. The number of hydrogen-bond acceptors (Lipinski definition) is 2. The Hall–Kier alpha value is -7.94.